The van der Waals surface area contributed by atoms with Gasteiger partial charge in [0.15, 0.2) is 6.39 Å². The van der Waals surface area contributed by atoms with Crippen LogP contribution in [0.1, 0.15) is 19.1 Å². The van der Waals surface area contributed by atoms with E-state index in [2.05, 4.69) is 11.9 Å². The fourth-order valence-corrected chi connectivity index (χ4v) is 2.37. The summed E-state index contributed by atoms with van der Waals surface area (Å²) in [7, 11) is 1.87. The van der Waals surface area contributed by atoms with Crippen molar-refractivity contribution in [2.75, 3.05) is 13.6 Å². The predicted octanol–water partition coefficient (Wildman–Crippen LogP) is 1.33. The van der Waals surface area contributed by atoms with E-state index in [4.69, 9.17) is 4.42 Å². The lowest BCUT2D eigenvalue weighted by molar-refractivity contribution is -0.130. The van der Waals surface area contributed by atoms with Gasteiger partial charge in [-0.15, -0.1) is 0 Å². The maximum atomic E-state index is 11.8. The summed E-state index contributed by atoms with van der Waals surface area (Å²) < 4.78 is 5.22. The van der Waals surface area contributed by atoms with Crippen LogP contribution in [-0.2, 0) is 11.2 Å². The molecule has 2 atom stereocenters. The first-order chi connectivity index (χ1) is 7.22. The Balaban J connectivity index is 2.06. The Morgan fingerprint density at radius 2 is 2.47 bits per heavy atom. The molecule has 1 fully saturated rings. The molecule has 4 nitrogen and oxygen atoms in total. The molecule has 1 aliphatic rings. The van der Waals surface area contributed by atoms with Crippen LogP contribution in [-0.4, -0.2) is 29.4 Å². The highest BCUT2D eigenvalue weighted by Crippen LogP contribution is 2.29. The van der Waals surface area contributed by atoms with Crippen molar-refractivity contribution in [3.8, 4) is 0 Å². The average molecular weight is 208 g/mol. The van der Waals surface area contributed by atoms with Gasteiger partial charge in [0.2, 0.25) is 5.91 Å². The lowest BCUT2D eigenvalue weighted by Gasteiger charge is -2.12. The van der Waals surface area contributed by atoms with Crippen LogP contribution in [0.3, 0.4) is 0 Å². The third-order valence-electron chi connectivity index (χ3n) is 3.16. The maximum Gasteiger partial charge on any atom is 0.225 e. The zero-order chi connectivity index (χ0) is 10.8. The zero-order valence-corrected chi connectivity index (χ0v) is 9.14. The molecule has 82 valence electrons. The molecule has 4 heteroatoms. The second kappa shape index (κ2) is 4.04. The molecule has 1 saturated heterocycles. The van der Waals surface area contributed by atoms with Gasteiger partial charge in [-0.2, -0.15) is 0 Å². The third kappa shape index (κ3) is 1.89. The van der Waals surface area contributed by atoms with Crippen LogP contribution in [0.25, 0.3) is 0 Å². The highest BCUT2D eigenvalue weighted by Gasteiger charge is 2.37. The molecule has 0 saturated carbocycles. The van der Waals surface area contributed by atoms with Gasteiger partial charge >= 0.3 is 0 Å². The third-order valence-corrected chi connectivity index (χ3v) is 3.16. The topological polar surface area (TPSA) is 46.3 Å². The molecule has 1 aromatic rings. The number of carbonyl (C=O) groups is 1. The maximum absolute atomic E-state index is 11.8. The molecular formula is C11H16N2O2. The lowest BCUT2D eigenvalue weighted by Crippen LogP contribution is -2.22. The smallest absolute Gasteiger partial charge is 0.225 e. The van der Waals surface area contributed by atoms with E-state index in [1.807, 2.05) is 11.9 Å². The molecule has 0 bridgehead atoms. The standard InChI is InChI=1S/C11H16N2O2/c1-3-10-8(6-13(2)11(10)14)4-9-5-12-7-15-9/h5,7-8,10H,3-4,6H2,1-2H3. The lowest BCUT2D eigenvalue weighted by atomic mass is 9.90. The van der Waals surface area contributed by atoms with Crippen molar-refractivity contribution in [1.29, 1.82) is 0 Å². The van der Waals surface area contributed by atoms with E-state index in [0.717, 1.165) is 25.1 Å². The molecule has 0 aromatic carbocycles. The predicted molar refractivity (Wildman–Crippen MR) is 55.1 cm³/mol. The summed E-state index contributed by atoms with van der Waals surface area (Å²) in [6, 6.07) is 0. The Morgan fingerprint density at radius 3 is 3.07 bits per heavy atom. The number of nitrogens with zero attached hydrogens (tertiary/aromatic N) is 2. The van der Waals surface area contributed by atoms with E-state index in [1.54, 1.807) is 6.20 Å². The number of rotatable bonds is 3. The van der Waals surface area contributed by atoms with Gasteiger partial charge in [-0.3, -0.25) is 4.79 Å². The number of aromatic nitrogens is 1. The summed E-state index contributed by atoms with van der Waals surface area (Å²) in [5.74, 6) is 1.67. The van der Waals surface area contributed by atoms with Crippen LogP contribution in [0.15, 0.2) is 17.0 Å². The van der Waals surface area contributed by atoms with E-state index in [9.17, 15) is 4.79 Å². The Labute approximate surface area is 89.3 Å². The largest absolute Gasteiger partial charge is 0.449 e. The first kappa shape index (κ1) is 10.2. The summed E-state index contributed by atoms with van der Waals surface area (Å²) in [6.45, 7) is 2.90. The molecule has 1 amide bonds. The van der Waals surface area contributed by atoms with E-state index in [0.29, 0.717) is 5.92 Å². The van der Waals surface area contributed by atoms with Crippen LogP contribution in [0, 0.1) is 11.8 Å². The highest BCUT2D eigenvalue weighted by atomic mass is 16.3. The van der Waals surface area contributed by atoms with Crippen molar-refractivity contribution in [2.45, 2.75) is 19.8 Å². The minimum absolute atomic E-state index is 0.153. The molecule has 1 aromatic heterocycles. The molecule has 2 rings (SSSR count). The molecule has 15 heavy (non-hydrogen) atoms. The van der Waals surface area contributed by atoms with Gasteiger partial charge in [0.25, 0.3) is 0 Å². The van der Waals surface area contributed by atoms with Crippen molar-refractivity contribution in [1.82, 2.24) is 9.88 Å². The van der Waals surface area contributed by atoms with Crippen LogP contribution in [0.2, 0.25) is 0 Å². The summed E-state index contributed by atoms with van der Waals surface area (Å²) >= 11 is 0. The first-order valence-electron chi connectivity index (χ1n) is 5.34. The molecule has 0 radical (unpaired) electrons. The van der Waals surface area contributed by atoms with Gasteiger partial charge < -0.3 is 9.32 Å². The molecular weight excluding hydrogens is 192 g/mol. The fourth-order valence-electron chi connectivity index (χ4n) is 2.37. The second-order valence-corrected chi connectivity index (χ2v) is 4.17. The normalized spacial score (nSPS) is 26.3. The molecule has 1 aliphatic heterocycles. The van der Waals surface area contributed by atoms with Gasteiger partial charge in [0, 0.05) is 25.9 Å². The summed E-state index contributed by atoms with van der Waals surface area (Å²) in [4.78, 5) is 17.5. The van der Waals surface area contributed by atoms with Crippen molar-refractivity contribution < 1.29 is 9.21 Å². The molecule has 0 aliphatic carbocycles. The highest BCUT2D eigenvalue weighted by molar-refractivity contribution is 5.81. The summed E-state index contributed by atoms with van der Waals surface area (Å²) in [5.41, 5.74) is 0. The Kier molecular flexibility index (Phi) is 2.75. The van der Waals surface area contributed by atoms with Crippen LogP contribution >= 0.6 is 0 Å². The van der Waals surface area contributed by atoms with Crippen molar-refractivity contribution in [3.05, 3.63) is 18.4 Å². The zero-order valence-electron chi connectivity index (χ0n) is 9.14. The summed E-state index contributed by atoms with van der Waals surface area (Å²) in [6.07, 6.45) is 4.89. The van der Waals surface area contributed by atoms with Gasteiger partial charge in [0.1, 0.15) is 5.76 Å². The Bertz CT molecular complexity index is 334. The van der Waals surface area contributed by atoms with Gasteiger partial charge in [0.05, 0.1) is 6.20 Å². The van der Waals surface area contributed by atoms with Crippen molar-refractivity contribution in [3.63, 3.8) is 0 Å². The van der Waals surface area contributed by atoms with Gasteiger partial charge in [-0.25, -0.2) is 4.98 Å². The van der Waals surface area contributed by atoms with Crippen LogP contribution in [0.5, 0.6) is 0 Å². The average Bonchev–Trinajstić information content (AvgIpc) is 2.78. The molecule has 0 spiro atoms. The molecule has 0 N–H and O–H groups in total. The second-order valence-electron chi connectivity index (χ2n) is 4.17. The number of oxazole rings is 1. The van der Waals surface area contributed by atoms with Crippen molar-refractivity contribution >= 4 is 5.91 Å². The van der Waals surface area contributed by atoms with Crippen molar-refractivity contribution in [2.24, 2.45) is 11.8 Å². The molecule has 2 unspecified atom stereocenters. The quantitative estimate of drug-likeness (QED) is 0.752. The van der Waals surface area contributed by atoms with E-state index < -0.39 is 0 Å². The van der Waals surface area contributed by atoms with Gasteiger partial charge in [-0.05, 0) is 12.3 Å². The van der Waals surface area contributed by atoms with Crippen LogP contribution in [0.4, 0.5) is 0 Å². The molecule has 2 heterocycles. The van der Waals surface area contributed by atoms with E-state index in [1.165, 1.54) is 6.39 Å². The van der Waals surface area contributed by atoms with E-state index >= 15 is 0 Å². The number of hydrogen-bond donors (Lipinski definition) is 0. The first-order valence-corrected chi connectivity index (χ1v) is 5.34. The number of amides is 1. The minimum Gasteiger partial charge on any atom is -0.449 e. The van der Waals surface area contributed by atoms with E-state index in [-0.39, 0.29) is 11.8 Å². The Morgan fingerprint density at radius 1 is 1.67 bits per heavy atom. The number of likely N-dealkylation sites (tertiary alicyclic amines) is 1. The SMILES string of the molecule is CCC1C(=O)N(C)CC1Cc1cnco1. The summed E-state index contributed by atoms with van der Waals surface area (Å²) in [5, 5.41) is 0. The minimum atomic E-state index is 0.153. The number of carbonyl (C=O) groups excluding carboxylic acids is 1. The van der Waals surface area contributed by atoms with Gasteiger partial charge in [-0.1, -0.05) is 6.92 Å². The van der Waals surface area contributed by atoms with Crippen LogP contribution < -0.4 is 0 Å². The number of hydrogen-bond acceptors (Lipinski definition) is 3. The Hall–Kier alpha value is -1.32. The monoisotopic (exact) mass is 208 g/mol. The fraction of sp³-hybridized carbons (Fsp3) is 0.636.